The number of hydrogen-bond acceptors (Lipinski definition) is 4. The molecule has 0 fully saturated rings. The normalized spacial score (nSPS) is 12.9. The van der Waals surface area contributed by atoms with E-state index < -0.39 is 0 Å². The predicted molar refractivity (Wildman–Crippen MR) is 59.7 cm³/mol. The lowest BCUT2D eigenvalue weighted by atomic mass is 10.2. The first-order chi connectivity index (χ1) is 7.81. The lowest BCUT2D eigenvalue weighted by Crippen LogP contribution is -2.21. The molecule has 0 radical (unpaired) electrons. The van der Waals surface area contributed by atoms with E-state index in [-0.39, 0.29) is 6.04 Å². The van der Waals surface area contributed by atoms with Gasteiger partial charge in [0.1, 0.15) is 6.26 Å². The zero-order chi connectivity index (χ0) is 11.4. The number of aromatic nitrogens is 3. The molecule has 0 saturated heterocycles. The first kappa shape index (κ1) is 10.9. The topological polar surface area (TPSA) is 55.9 Å². The monoisotopic (exact) mass is 220 g/mol. The Morgan fingerprint density at radius 2 is 2.38 bits per heavy atom. The Hall–Kier alpha value is -1.62. The fourth-order valence-corrected chi connectivity index (χ4v) is 1.67. The van der Waals surface area contributed by atoms with E-state index in [2.05, 4.69) is 29.4 Å². The van der Waals surface area contributed by atoms with Crippen LogP contribution in [0.2, 0.25) is 0 Å². The first-order valence-corrected chi connectivity index (χ1v) is 5.45. The lowest BCUT2D eigenvalue weighted by molar-refractivity contribution is 0.404. The molecule has 86 valence electrons. The second-order valence-corrected chi connectivity index (χ2v) is 3.67. The van der Waals surface area contributed by atoms with Gasteiger partial charge in [-0.2, -0.15) is 5.10 Å². The van der Waals surface area contributed by atoms with Crippen LogP contribution in [0.15, 0.2) is 29.1 Å². The molecule has 2 aromatic heterocycles. The van der Waals surface area contributed by atoms with Crippen molar-refractivity contribution in [1.82, 2.24) is 20.3 Å². The van der Waals surface area contributed by atoms with E-state index in [1.54, 1.807) is 6.26 Å². The van der Waals surface area contributed by atoms with Gasteiger partial charge in [0.15, 0.2) is 0 Å². The fourth-order valence-electron chi connectivity index (χ4n) is 1.67. The molecular weight excluding hydrogens is 204 g/mol. The van der Waals surface area contributed by atoms with Crippen molar-refractivity contribution in [2.75, 3.05) is 0 Å². The van der Waals surface area contributed by atoms with Crippen LogP contribution in [0.4, 0.5) is 0 Å². The molecule has 1 N–H and O–H groups in total. The average molecular weight is 220 g/mol. The van der Waals surface area contributed by atoms with Crippen molar-refractivity contribution in [3.63, 3.8) is 0 Å². The molecule has 2 heterocycles. The van der Waals surface area contributed by atoms with E-state index >= 15 is 0 Å². The van der Waals surface area contributed by atoms with Gasteiger partial charge in [0.2, 0.25) is 0 Å². The molecule has 2 aromatic rings. The molecule has 0 aliphatic rings. The summed E-state index contributed by atoms with van der Waals surface area (Å²) in [7, 11) is 0. The Morgan fingerprint density at radius 3 is 3.06 bits per heavy atom. The Labute approximate surface area is 94.4 Å². The summed E-state index contributed by atoms with van der Waals surface area (Å²) in [6, 6.07) is 4.14. The minimum absolute atomic E-state index is 0.249. The molecule has 5 nitrogen and oxygen atoms in total. The van der Waals surface area contributed by atoms with E-state index in [9.17, 15) is 0 Å². The Balaban J connectivity index is 1.95. The molecule has 1 atom stereocenters. The second kappa shape index (κ2) is 4.94. The summed E-state index contributed by atoms with van der Waals surface area (Å²) in [4.78, 5) is 0. The number of hydrogen-bond donors (Lipinski definition) is 1. The Kier molecular flexibility index (Phi) is 3.36. The smallest absolute Gasteiger partial charge is 0.124 e. The van der Waals surface area contributed by atoms with Gasteiger partial charge in [0.25, 0.3) is 0 Å². The van der Waals surface area contributed by atoms with E-state index in [0.29, 0.717) is 6.54 Å². The van der Waals surface area contributed by atoms with Crippen molar-refractivity contribution in [1.29, 1.82) is 0 Å². The summed E-state index contributed by atoms with van der Waals surface area (Å²) in [5.74, 6) is 0. The molecule has 16 heavy (non-hydrogen) atoms. The molecule has 5 heteroatoms. The van der Waals surface area contributed by atoms with Crippen LogP contribution in [0.1, 0.15) is 31.3 Å². The van der Waals surface area contributed by atoms with Gasteiger partial charge < -0.3 is 9.84 Å². The third-order valence-electron chi connectivity index (χ3n) is 2.57. The third kappa shape index (κ3) is 2.30. The largest absolute Gasteiger partial charge is 0.364 e. The van der Waals surface area contributed by atoms with Gasteiger partial charge in [-0.05, 0) is 19.9 Å². The van der Waals surface area contributed by atoms with Gasteiger partial charge in [0, 0.05) is 31.4 Å². The highest BCUT2D eigenvalue weighted by molar-refractivity contribution is 5.06. The van der Waals surface area contributed by atoms with Gasteiger partial charge >= 0.3 is 0 Å². The molecule has 0 aromatic carbocycles. The predicted octanol–water partition coefficient (Wildman–Crippen LogP) is 1.74. The molecule has 1 unspecified atom stereocenters. The number of rotatable bonds is 5. The van der Waals surface area contributed by atoms with Gasteiger partial charge in [-0.25, -0.2) is 0 Å². The zero-order valence-corrected chi connectivity index (χ0v) is 9.55. The summed E-state index contributed by atoms with van der Waals surface area (Å²) < 4.78 is 6.76. The number of aryl methyl sites for hydroxylation is 1. The SMILES string of the molecule is CCn1nccc1C(C)NCc1ccon1. The Morgan fingerprint density at radius 1 is 1.50 bits per heavy atom. The molecule has 0 aliphatic heterocycles. The van der Waals surface area contributed by atoms with E-state index in [0.717, 1.165) is 12.2 Å². The summed E-state index contributed by atoms with van der Waals surface area (Å²) in [5.41, 5.74) is 2.10. The van der Waals surface area contributed by atoms with Gasteiger partial charge in [-0.1, -0.05) is 5.16 Å². The first-order valence-electron chi connectivity index (χ1n) is 5.45. The molecule has 0 aliphatic carbocycles. The highest BCUT2D eigenvalue weighted by Gasteiger charge is 2.10. The maximum Gasteiger partial charge on any atom is 0.124 e. The summed E-state index contributed by atoms with van der Waals surface area (Å²) >= 11 is 0. The van der Waals surface area contributed by atoms with Crippen LogP contribution in [-0.4, -0.2) is 14.9 Å². The fraction of sp³-hybridized carbons (Fsp3) is 0.455. The Bertz CT molecular complexity index is 421. The molecule has 0 bridgehead atoms. The molecule has 0 amide bonds. The van der Waals surface area contributed by atoms with Crippen LogP contribution in [-0.2, 0) is 13.1 Å². The standard InChI is InChI=1S/C11H16N4O/c1-3-15-11(4-6-13-15)9(2)12-8-10-5-7-16-14-10/h4-7,9,12H,3,8H2,1-2H3. The van der Waals surface area contributed by atoms with Crippen molar-refractivity contribution in [3.05, 3.63) is 36.0 Å². The summed E-state index contributed by atoms with van der Waals surface area (Å²) in [5, 5.41) is 11.5. The minimum atomic E-state index is 0.249. The maximum atomic E-state index is 4.77. The highest BCUT2D eigenvalue weighted by atomic mass is 16.5. The quantitative estimate of drug-likeness (QED) is 0.834. The van der Waals surface area contributed by atoms with E-state index in [1.807, 2.05) is 23.0 Å². The van der Waals surface area contributed by atoms with Crippen molar-refractivity contribution >= 4 is 0 Å². The van der Waals surface area contributed by atoms with Crippen LogP contribution < -0.4 is 5.32 Å². The zero-order valence-electron chi connectivity index (χ0n) is 9.55. The molecule has 0 saturated carbocycles. The summed E-state index contributed by atoms with van der Waals surface area (Å²) in [6.07, 6.45) is 3.41. The average Bonchev–Trinajstić information content (AvgIpc) is 2.96. The highest BCUT2D eigenvalue weighted by Crippen LogP contribution is 2.12. The van der Waals surface area contributed by atoms with Crippen LogP contribution >= 0.6 is 0 Å². The summed E-state index contributed by atoms with van der Waals surface area (Å²) in [6.45, 7) is 5.79. The van der Waals surface area contributed by atoms with Crippen molar-refractivity contribution in [2.45, 2.75) is 33.0 Å². The van der Waals surface area contributed by atoms with Crippen molar-refractivity contribution < 1.29 is 4.52 Å². The maximum absolute atomic E-state index is 4.77. The van der Waals surface area contributed by atoms with Crippen LogP contribution in [0, 0.1) is 0 Å². The van der Waals surface area contributed by atoms with Gasteiger partial charge in [-0.15, -0.1) is 0 Å². The van der Waals surface area contributed by atoms with Gasteiger partial charge in [0.05, 0.1) is 11.4 Å². The third-order valence-corrected chi connectivity index (χ3v) is 2.57. The van der Waals surface area contributed by atoms with Crippen molar-refractivity contribution in [2.24, 2.45) is 0 Å². The molecular formula is C11H16N4O. The lowest BCUT2D eigenvalue weighted by Gasteiger charge is -2.14. The molecule has 2 rings (SSSR count). The number of nitrogens with one attached hydrogen (secondary N) is 1. The van der Waals surface area contributed by atoms with E-state index in [1.165, 1.54) is 5.69 Å². The van der Waals surface area contributed by atoms with Crippen LogP contribution in [0.5, 0.6) is 0 Å². The molecule has 0 spiro atoms. The van der Waals surface area contributed by atoms with Crippen molar-refractivity contribution in [3.8, 4) is 0 Å². The second-order valence-electron chi connectivity index (χ2n) is 3.67. The van der Waals surface area contributed by atoms with Gasteiger partial charge in [-0.3, -0.25) is 4.68 Å². The number of nitrogens with zero attached hydrogens (tertiary/aromatic N) is 3. The van der Waals surface area contributed by atoms with E-state index in [4.69, 9.17) is 4.52 Å². The minimum Gasteiger partial charge on any atom is -0.364 e. The van der Waals surface area contributed by atoms with Crippen LogP contribution in [0.3, 0.4) is 0 Å². The van der Waals surface area contributed by atoms with Crippen LogP contribution in [0.25, 0.3) is 0 Å².